The molecule has 0 saturated heterocycles. The molecular formula is C13H16N2O3. The molecule has 1 aromatic rings. The molecule has 0 spiro atoms. The molecule has 0 heterocycles. The van der Waals surface area contributed by atoms with Gasteiger partial charge in [0.15, 0.2) is 5.75 Å². The van der Waals surface area contributed by atoms with E-state index in [2.05, 4.69) is 13.8 Å². The van der Waals surface area contributed by atoms with Crippen molar-refractivity contribution >= 4 is 5.69 Å². The lowest BCUT2D eigenvalue weighted by atomic mass is 10.1. The van der Waals surface area contributed by atoms with Gasteiger partial charge in [0.05, 0.1) is 23.2 Å². The molecule has 0 aliphatic heterocycles. The van der Waals surface area contributed by atoms with E-state index in [0.717, 1.165) is 12.8 Å². The Bertz CT molecular complexity index is 464. The summed E-state index contributed by atoms with van der Waals surface area (Å²) >= 11 is 0. The van der Waals surface area contributed by atoms with Crippen molar-refractivity contribution in [3.05, 3.63) is 33.9 Å². The zero-order valence-corrected chi connectivity index (χ0v) is 10.5. The van der Waals surface area contributed by atoms with Crippen LogP contribution in [0.3, 0.4) is 0 Å². The van der Waals surface area contributed by atoms with Crippen molar-refractivity contribution in [3.8, 4) is 11.8 Å². The summed E-state index contributed by atoms with van der Waals surface area (Å²) in [5.41, 5.74) is 0.106. The van der Waals surface area contributed by atoms with Gasteiger partial charge >= 0.3 is 5.69 Å². The van der Waals surface area contributed by atoms with E-state index in [9.17, 15) is 10.1 Å². The Labute approximate surface area is 106 Å². The van der Waals surface area contributed by atoms with Gasteiger partial charge in [0, 0.05) is 6.07 Å². The van der Waals surface area contributed by atoms with Crippen LogP contribution in [0.5, 0.6) is 5.75 Å². The van der Waals surface area contributed by atoms with Crippen LogP contribution >= 0.6 is 0 Å². The average Bonchev–Trinajstić information content (AvgIpc) is 2.34. The maximum Gasteiger partial charge on any atom is 0.312 e. The van der Waals surface area contributed by atoms with Gasteiger partial charge in [0.1, 0.15) is 0 Å². The molecule has 0 aliphatic carbocycles. The average molecular weight is 248 g/mol. The number of nitro benzene ring substituents is 1. The van der Waals surface area contributed by atoms with E-state index in [1.165, 1.54) is 18.2 Å². The number of benzene rings is 1. The number of rotatable bonds is 6. The Balaban J connectivity index is 2.70. The fraction of sp³-hybridized carbons (Fsp3) is 0.462. The van der Waals surface area contributed by atoms with E-state index < -0.39 is 4.92 Å². The summed E-state index contributed by atoms with van der Waals surface area (Å²) in [5, 5.41) is 19.5. The van der Waals surface area contributed by atoms with Crippen LogP contribution in [-0.2, 0) is 0 Å². The van der Waals surface area contributed by atoms with Crippen LogP contribution in [0.1, 0.15) is 32.3 Å². The van der Waals surface area contributed by atoms with Gasteiger partial charge in [-0.25, -0.2) is 0 Å². The third-order valence-electron chi connectivity index (χ3n) is 2.47. The Kier molecular flexibility index (Phi) is 5.12. The van der Waals surface area contributed by atoms with Crippen molar-refractivity contribution in [1.82, 2.24) is 0 Å². The lowest BCUT2D eigenvalue weighted by molar-refractivity contribution is -0.385. The Hall–Kier alpha value is -2.09. The van der Waals surface area contributed by atoms with E-state index in [4.69, 9.17) is 10.00 Å². The molecule has 1 aromatic carbocycles. The molecule has 0 atom stereocenters. The van der Waals surface area contributed by atoms with Crippen molar-refractivity contribution in [2.45, 2.75) is 26.7 Å². The first-order valence-corrected chi connectivity index (χ1v) is 5.86. The van der Waals surface area contributed by atoms with Gasteiger partial charge in [-0.3, -0.25) is 10.1 Å². The molecule has 18 heavy (non-hydrogen) atoms. The maximum absolute atomic E-state index is 10.8. The molecule has 0 radical (unpaired) electrons. The Morgan fingerprint density at radius 2 is 2.22 bits per heavy atom. The summed E-state index contributed by atoms with van der Waals surface area (Å²) in [4.78, 5) is 10.3. The molecule has 96 valence electrons. The second kappa shape index (κ2) is 6.60. The quantitative estimate of drug-likeness (QED) is 0.439. The van der Waals surface area contributed by atoms with Crippen LogP contribution in [-0.4, -0.2) is 11.5 Å². The number of hydrogen-bond donors (Lipinski definition) is 0. The molecule has 0 amide bonds. The fourth-order valence-electron chi connectivity index (χ4n) is 1.53. The lowest BCUT2D eigenvalue weighted by Crippen LogP contribution is -2.02. The first-order valence-electron chi connectivity index (χ1n) is 5.86. The van der Waals surface area contributed by atoms with E-state index in [0.29, 0.717) is 12.5 Å². The smallest absolute Gasteiger partial charge is 0.312 e. The van der Waals surface area contributed by atoms with E-state index in [1.54, 1.807) is 0 Å². The second-order valence-electron chi connectivity index (χ2n) is 4.44. The second-order valence-corrected chi connectivity index (χ2v) is 4.44. The highest BCUT2D eigenvalue weighted by molar-refractivity contribution is 5.51. The summed E-state index contributed by atoms with van der Waals surface area (Å²) in [5.74, 6) is 0.812. The topological polar surface area (TPSA) is 76.2 Å². The standard InChI is InChI=1S/C13H16N2O3/c1-10(2)4-3-7-18-13-6-5-11(9-14)8-12(13)15(16)17/h5-6,8,10H,3-4,7H2,1-2H3. The van der Waals surface area contributed by atoms with Gasteiger partial charge in [-0.2, -0.15) is 5.26 Å². The van der Waals surface area contributed by atoms with E-state index >= 15 is 0 Å². The van der Waals surface area contributed by atoms with Crippen molar-refractivity contribution < 1.29 is 9.66 Å². The largest absolute Gasteiger partial charge is 0.487 e. The van der Waals surface area contributed by atoms with Gasteiger partial charge in [0.2, 0.25) is 0 Å². The number of nitro groups is 1. The number of nitrogens with zero attached hydrogens (tertiary/aromatic N) is 2. The first-order chi connectivity index (χ1) is 8.54. The highest BCUT2D eigenvalue weighted by Gasteiger charge is 2.15. The summed E-state index contributed by atoms with van der Waals surface area (Å²) in [6.07, 6.45) is 1.87. The zero-order chi connectivity index (χ0) is 13.5. The van der Waals surface area contributed by atoms with Crippen LogP contribution < -0.4 is 4.74 Å². The number of ether oxygens (including phenoxy) is 1. The van der Waals surface area contributed by atoms with Crippen LogP contribution in [0.4, 0.5) is 5.69 Å². The number of nitriles is 1. The SMILES string of the molecule is CC(C)CCCOc1ccc(C#N)cc1[N+](=O)[O-]. The molecule has 1 rings (SSSR count). The summed E-state index contributed by atoms with van der Waals surface area (Å²) in [6, 6.07) is 6.10. The van der Waals surface area contributed by atoms with Crippen molar-refractivity contribution in [2.24, 2.45) is 5.92 Å². The lowest BCUT2D eigenvalue weighted by Gasteiger charge is -2.08. The Morgan fingerprint density at radius 3 is 2.78 bits per heavy atom. The minimum absolute atomic E-state index is 0.154. The molecule has 0 bridgehead atoms. The fourth-order valence-corrected chi connectivity index (χ4v) is 1.53. The molecule has 5 nitrogen and oxygen atoms in total. The Morgan fingerprint density at radius 1 is 1.50 bits per heavy atom. The van der Waals surface area contributed by atoms with Crippen molar-refractivity contribution in [1.29, 1.82) is 5.26 Å². The van der Waals surface area contributed by atoms with Crippen LogP contribution in [0.25, 0.3) is 0 Å². The molecule has 0 N–H and O–H groups in total. The van der Waals surface area contributed by atoms with Gasteiger partial charge in [0.25, 0.3) is 0 Å². The third-order valence-corrected chi connectivity index (χ3v) is 2.47. The summed E-state index contributed by atoms with van der Waals surface area (Å²) in [7, 11) is 0. The van der Waals surface area contributed by atoms with Crippen LogP contribution in [0.15, 0.2) is 18.2 Å². The minimum Gasteiger partial charge on any atom is -0.487 e. The minimum atomic E-state index is -0.529. The van der Waals surface area contributed by atoms with E-state index in [1.807, 2.05) is 6.07 Å². The monoisotopic (exact) mass is 248 g/mol. The predicted octanol–water partition coefficient (Wildman–Crippen LogP) is 3.28. The zero-order valence-electron chi connectivity index (χ0n) is 10.5. The maximum atomic E-state index is 10.8. The van der Waals surface area contributed by atoms with Gasteiger partial charge in [-0.1, -0.05) is 13.8 Å². The van der Waals surface area contributed by atoms with E-state index in [-0.39, 0.29) is 17.0 Å². The first kappa shape index (κ1) is 14.0. The molecule has 0 aromatic heterocycles. The van der Waals surface area contributed by atoms with Gasteiger partial charge in [-0.15, -0.1) is 0 Å². The van der Waals surface area contributed by atoms with Gasteiger partial charge in [-0.05, 0) is 30.9 Å². The highest BCUT2D eigenvalue weighted by Crippen LogP contribution is 2.27. The molecule has 0 aliphatic rings. The van der Waals surface area contributed by atoms with Crippen molar-refractivity contribution in [2.75, 3.05) is 6.61 Å². The summed E-state index contributed by atoms with van der Waals surface area (Å²) in [6.45, 7) is 4.68. The molecule has 0 fully saturated rings. The summed E-state index contributed by atoms with van der Waals surface area (Å²) < 4.78 is 5.40. The van der Waals surface area contributed by atoms with Crippen LogP contribution in [0.2, 0.25) is 0 Å². The van der Waals surface area contributed by atoms with Crippen LogP contribution in [0, 0.1) is 27.4 Å². The van der Waals surface area contributed by atoms with Gasteiger partial charge < -0.3 is 4.74 Å². The molecular weight excluding hydrogens is 232 g/mol. The number of hydrogen-bond acceptors (Lipinski definition) is 4. The predicted molar refractivity (Wildman–Crippen MR) is 67.4 cm³/mol. The van der Waals surface area contributed by atoms with Crippen molar-refractivity contribution in [3.63, 3.8) is 0 Å². The molecule has 0 unspecified atom stereocenters. The molecule has 0 saturated carbocycles. The molecule has 5 heteroatoms. The third kappa shape index (κ3) is 4.06. The highest BCUT2D eigenvalue weighted by atomic mass is 16.6. The normalized spacial score (nSPS) is 10.1.